The molecule has 1 aliphatic carbocycles. The zero-order valence-corrected chi connectivity index (χ0v) is 10.7. The molecule has 1 rings (SSSR count). The molecule has 92 valence electrons. The maximum Gasteiger partial charge on any atom is 0.0645 e. The SMILES string of the molecule is C=CN(C)CCOC1CCC/C=C(\C)CC1. The van der Waals surface area contributed by atoms with Crippen molar-refractivity contribution in [2.45, 2.75) is 45.1 Å². The van der Waals surface area contributed by atoms with Crippen molar-refractivity contribution < 1.29 is 4.74 Å². The molecule has 2 heteroatoms. The third kappa shape index (κ3) is 5.36. The van der Waals surface area contributed by atoms with Crippen molar-refractivity contribution >= 4 is 0 Å². The van der Waals surface area contributed by atoms with Gasteiger partial charge in [0.2, 0.25) is 0 Å². The highest BCUT2D eigenvalue weighted by molar-refractivity contribution is 4.99. The van der Waals surface area contributed by atoms with Gasteiger partial charge in [0.25, 0.3) is 0 Å². The van der Waals surface area contributed by atoms with Crippen molar-refractivity contribution in [3.63, 3.8) is 0 Å². The summed E-state index contributed by atoms with van der Waals surface area (Å²) in [5.41, 5.74) is 1.52. The minimum atomic E-state index is 0.460. The molecule has 0 amide bonds. The Labute approximate surface area is 100.0 Å². The van der Waals surface area contributed by atoms with Gasteiger partial charge in [-0.05, 0) is 45.2 Å². The molecule has 0 radical (unpaired) electrons. The number of allylic oxidation sites excluding steroid dienone is 2. The Balaban J connectivity index is 2.20. The topological polar surface area (TPSA) is 12.5 Å². The van der Waals surface area contributed by atoms with Gasteiger partial charge in [-0.2, -0.15) is 0 Å². The molecule has 0 aliphatic heterocycles. The first-order valence-electron chi connectivity index (χ1n) is 6.32. The Kier molecular flexibility index (Phi) is 6.24. The molecular weight excluding hydrogens is 198 g/mol. The maximum absolute atomic E-state index is 5.92. The van der Waals surface area contributed by atoms with E-state index in [1.165, 1.54) is 37.7 Å². The van der Waals surface area contributed by atoms with Crippen LogP contribution >= 0.6 is 0 Å². The molecule has 0 N–H and O–H groups in total. The largest absolute Gasteiger partial charge is 0.379 e. The number of rotatable bonds is 5. The molecule has 0 saturated heterocycles. The maximum atomic E-state index is 5.92. The van der Waals surface area contributed by atoms with E-state index in [-0.39, 0.29) is 0 Å². The third-order valence-electron chi connectivity index (χ3n) is 3.19. The van der Waals surface area contributed by atoms with Gasteiger partial charge in [-0.15, -0.1) is 0 Å². The van der Waals surface area contributed by atoms with Crippen LogP contribution in [0.2, 0.25) is 0 Å². The molecular formula is C14H25NO. The van der Waals surface area contributed by atoms with Crippen molar-refractivity contribution in [3.05, 3.63) is 24.4 Å². The summed E-state index contributed by atoms with van der Waals surface area (Å²) in [6.45, 7) is 7.71. The molecule has 1 atom stereocenters. The lowest BCUT2D eigenvalue weighted by molar-refractivity contribution is 0.0339. The van der Waals surface area contributed by atoms with E-state index in [0.717, 1.165) is 13.2 Å². The fourth-order valence-corrected chi connectivity index (χ4v) is 1.95. The Morgan fingerprint density at radius 2 is 2.38 bits per heavy atom. The Hall–Kier alpha value is -0.760. The molecule has 16 heavy (non-hydrogen) atoms. The summed E-state index contributed by atoms with van der Waals surface area (Å²) < 4.78 is 5.92. The standard InChI is InChI=1S/C14H25NO/c1-4-15(3)11-12-16-14-8-6-5-7-13(2)9-10-14/h4,7,14H,1,5-6,8-12H2,2-3H3/b13-7+. The average molecular weight is 223 g/mol. The summed E-state index contributed by atoms with van der Waals surface area (Å²) in [6, 6.07) is 0. The molecule has 0 aromatic heterocycles. The summed E-state index contributed by atoms with van der Waals surface area (Å²) in [4.78, 5) is 2.06. The number of hydrogen-bond donors (Lipinski definition) is 0. The molecule has 0 aromatic rings. The normalized spacial score (nSPS) is 25.1. The first kappa shape index (κ1) is 13.3. The third-order valence-corrected chi connectivity index (χ3v) is 3.19. The first-order chi connectivity index (χ1) is 7.72. The van der Waals surface area contributed by atoms with Gasteiger partial charge in [-0.1, -0.05) is 18.2 Å². The summed E-state index contributed by atoms with van der Waals surface area (Å²) in [5.74, 6) is 0. The van der Waals surface area contributed by atoms with Crippen molar-refractivity contribution in [1.82, 2.24) is 4.90 Å². The van der Waals surface area contributed by atoms with Crippen molar-refractivity contribution in [3.8, 4) is 0 Å². The monoisotopic (exact) mass is 223 g/mol. The molecule has 0 fully saturated rings. The van der Waals surface area contributed by atoms with Crippen LogP contribution in [-0.2, 0) is 4.74 Å². The van der Waals surface area contributed by atoms with Gasteiger partial charge in [-0.25, -0.2) is 0 Å². The molecule has 0 spiro atoms. The lowest BCUT2D eigenvalue weighted by Gasteiger charge is -2.21. The Morgan fingerprint density at radius 3 is 3.12 bits per heavy atom. The highest BCUT2D eigenvalue weighted by Crippen LogP contribution is 2.19. The van der Waals surface area contributed by atoms with Crippen LogP contribution in [0.5, 0.6) is 0 Å². The highest BCUT2D eigenvalue weighted by atomic mass is 16.5. The predicted molar refractivity (Wildman–Crippen MR) is 69.4 cm³/mol. The zero-order chi connectivity index (χ0) is 11.8. The highest BCUT2D eigenvalue weighted by Gasteiger charge is 2.11. The zero-order valence-electron chi connectivity index (χ0n) is 10.7. The van der Waals surface area contributed by atoms with Crippen LogP contribution in [0.15, 0.2) is 24.4 Å². The Morgan fingerprint density at radius 1 is 1.56 bits per heavy atom. The van der Waals surface area contributed by atoms with Crippen LogP contribution in [0.1, 0.15) is 39.0 Å². The van der Waals surface area contributed by atoms with E-state index < -0.39 is 0 Å². The summed E-state index contributed by atoms with van der Waals surface area (Å²) in [6.07, 6.45) is 10.7. The van der Waals surface area contributed by atoms with E-state index >= 15 is 0 Å². The van der Waals surface area contributed by atoms with Crippen LogP contribution in [-0.4, -0.2) is 31.2 Å². The lowest BCUT2D eigenvalue weighted by atomic mass is 9.99. The van der Waals surface area contributed by atoms with Gasteiger partial charge in [0.05, 0.1) is 12.7 Å². The number of hydrogen-bond acceptors (Lipinski definition) is 2. The van der Waals surface area contributed by atoms with E-state index in [2.05, 4.69) is 24.5 Å². The predicted octanol–water partition coefficient (Wildman–Crippen LogP) is 3.36. The smallest absolute Gasteiger partial charge is 0.0645 e. The van der Waals surface area contributed by atoms with Gasteiger partial charge < -0.3 is 9.64 Å². The average Bonchev–Trinajstić information content (AvgIpc) is 2.27. The fourth-order valence-electron chi connectivity index (χ4n) is 1.95. The van der Waals surface area contributed by atoms with Gasteiger partial charge in [0.15, 0.2) is 0 Å². The number of likely N-dealkylation sites (N-methyl/N-ethyl adjacent to an activating group) is 1. The molecule has 0 bridgehead atoms. The second-order valence-corrected chi connectivity index (χ2v) is 4.68. The van der Waals surface area contributed by atoms with Crippen molar-refractivity contribution in [2.24, 2.45) is 0 Å². The molecule has 2 nitrogen and oxygen atoms in total. The first-order valence-corrected chi connectivity index (χ1v) is 6.32. The minimum Gasteiger partial charge on any atom is -0.379 e. The lowest BCUT2D eigenvalue weighted by Crippen LogP contribution is -2.22. The van der Waals surface area contributed by atoms with Crippen LogP contribution < -0.4 is 0 Å². The van der Waals surface area contributed by atoms with Crippen LogP contribution in [0.3, 0.4) is 0 Å². The van der Waals surface area contributed by atoms with E-state index in [1.54, 1.807) is 0 Å². The van der Waals surface area contributed by atoms with E-state index in [9.17, 15) is 0 Å². The molecule has 0 saturated carbocycles. The van der Waals surface area contributed by atoms with E-state index in [1.807, 2.05) is 13.2 Å². The van der Waals surface area contributed by atoms with Crippen LogP contribution in [0, 0.1) is 0 Å². The molecule has 1 aliphatic rings. The second kappa shape index (κ2) is 7.50. The molecule has 0 aromatic carbocycles. The number of nitrogens with zero attached hydrogens (tertiary/aromatic N) is 1. The molecule has 0 heterocycles. The van der Waals surface area contributed by atoms with Crippen LogP contribution in [0.4, 0.5) is 0 Å². The van der Waals surface area contributed by atoms with Crippen LogP contribution in [0.25, 0.3) is 0 Å². The number of ether oxygens (including phenoxy) is 1. The second-order valence-electron chi connectivity index (χ2n) is 4.68. The van der Waals surface area contributed by atoms with E-state index in [4.69, 9.17) is 4.74 Å². The fraction of sp³-hybridized carbons (Fsp3) is 0.714. The van der Waals surface area contributed by atoms with Crippen molar-refractivity contribution in [1.29, 1.82) is 0 Å². The van der Waals surface area contributed by atoms with Gasteiger partial charge in [-0.3, -0.25) is 0 Å². The van der Waals surface area contributed by atoms with Gasteiger partial charge >= 0.3 is 0 Å². The van der Waals surface area contributed by atoms with E-state index in [0.29, 0.717) is 6.10 Å². The summed E-state index contributed by atoms with van der Waals surface area (Å²) >= 11 is 0. The van der Waals surface area contributed by atoms with Crippen molar-refractivity contribution in [2.75, 3.05) is 20.2 Å². The minimum absolute atomic E-state index is 0.460. The van der Waals surface area contributed by atoms with Gasteiger partial charge in [0, 0.05) is 13.6 Å². The summed E-state index contributed by atoms with van der Waals surface area (Å²) in [5, 5.41) is 0. The summed E-state index contributed by atoms with van der Waals surface area (Å²) in [7, 11) is 2.03. The Bertz CT molecular complexity index is 235. The molecule has 1 unspecified atom stereocenters. The quantitative estimate of drug-likeness (QED) is 0.663. The van der Waals surface area contributed by atoms with Gasteiger partial charge in [0.1, 0.15) is 0 Å².